The van der Waals surface area contributed by atoms with Crippen molar-refractivity contribution in [1.29, 1.82) is 0 Å². The molecule has 0 aliphatic rings. The fraction of sp³-hybridized carbons (Fsp3) is 0.583. The number of rotatable bonds is 5. The Morgan fingerprint density at radius 2 is 2.06 bits per heavy atom. The topological polar surface area (TPSA) is 78.9 Å². The highest BCUT2D eigenvalue weighted by molar-refractivity contribution is 5.82. The van der Waals surface area contributed by atoms with Gasteiger partial charge in [-0.15, -0.1) is 0 Å². The second-order valence-corrected chi connectivity index (χ2v) is 4.79. The van der Waals surface area contributed by atoms with Crippen LogP contribution in [0.1, 0.15) is 19.4 Å². The van der Waals surface area contributed by atoms with Crippen LogP contribution in [0.2, 0.25) is 0 Å². The molecule has 3 N–H and O–H groups in total. The molecule has 0 radical (unpaired) electrons. The molecule has 6 heteroatoms. The smallest absolute Gasteiger partial charge is 0.227 e. The second kappa shape index (κ2) is 5.66. The van der Waals surface area contributed by atoms with Crippen LogP contribution in [0, 0.1) is 12.3 Å². The van der Waals surface area contributed by atoms with E-state index in [0.717, 1.165) is 11.4 Å². The minimum atomic E-state index is -0.494. The van der Waals surface area contributed by atoms with Gasteiger partial charge in [-0.3, -0.25) is 4.79 Å². The van der Waals surface area contributed by atoms with E-state index in [0.29, 0.717) is 12.5 Å². The quantitative estimate of drug-likeness (QED) is 0.728. The number of aryl methyl sites for hydroxylation is 1. The number of hydrogen-bond acceptors (Lipinski definition) is 5. The Labute approximate surface area is 108 Å². The monoisotopic (exact) mass is 251 g/mol. The van der Waals surface area contributed by atoms with E-state index in [1.54, 1.807) is 20.3 Å². The van der Waals surface area contributed by atoms with Gasteiger partial charge in [0.05, 0.1) is 5.41 Å². The highest BCUT2D eigenvalue weighted by Gasteiger charge is 2.26. The second-order valence-electron chi connectivity index (χ2n) is 4.79. The Morgan fingerprint density at radius 1 is 1.39 bits per heavy atom. The molecule has 0 unspecified atom stereocenters. The van der Waals surface area contributed by atoms with Gasteiger partial charge in [-0.25, -0.2) is 4.98 Å². The maximum absolute atomic E-state index is 11.7. The summed E-state index contributed by atoms with van der Waals surface area (Å²) in [5, 5.41) is 8.73. The normalized spacial score (nSPS) is 10.9. The van der Waals surface area contributed by atoms with Gasteiger partial charge >= 0.3 is 0 Å². The zero-order valence-electron chi connectivity index (χ0n) is 11.6. The third-order valence-electron chi connectivity index (χ3n) is 2.73. The van der Waals surface area contributed by atoms with E-state index < -0.39 is 5.41 Å². The van der Waals surface area contributed by atoms with Crippen molar-refractivity contribution in [2.24, 2.45) is 5.41 Å². The zero-order chi connectivity index (χ0) is 13.8. The Balaban J connectivity index is 2.77. The number of nitrogens with zero attached hydrogens (tertiary/aromatic N) is 2. The van der Waals surface area contributed by atoms with Crippen molar-refractivity contribution in [3.8, 4) is 0 Å². The average molecular weight is 251 g/mol. The van der Waals surface area contributed by atoms with Crippen LogP contribution in [0.3, 0.4) is 0 Å². The first kappa shape index (κ1) is 14.2. The summed E-state index contributed by atoms with van der Waals surface area (Å²) in [6, 6.07) is 0. The fourth-order valence-corrected chi connectivity index (χ4v) is 1.46. The van der Waals surface area contributed by atoms with Gasteiger partial charge in [-0.1, -0.05) is 0 Å². The van der Waals surface area contributed by atoms with Crippen LogP contribution in [-0.4, -0.2) is 36.5 Å². The van der Waals surface area contributed by atoms with E-state index in [4.69, 9.17) is 0 Å². The summed E-state index contributed by atoms with van der Waals surface area (Å²) in [4.78, 5) is 20.1. The summed E-state index contributed by atoms with van der Waals surface area (Å²) in [6.45, 7) is 6.20. The van der Waals surface area contributed by atoms with Gasteiger partial charge in [0.25, 0.3) is 0 Å². The predicted molar refractivity (Wildman–Crippen MR) is 72.7 cm³/mol. The zero-order valence-corrected chi connectivity index (χ0v) is 11.6. The molecule has 0 fully saturated rings. The summed E-state index contributed by atoms with van der Waals surface area (Å²) in [5.74, 6) is 1.29. The third kappa shape index (κ3) is 3.32. The Bertz CT molecular complexity index is 430. The van der Waals surface area contributed by atoms with Crippen LogP contribution in [0.4, 0.5) is 11.8 Å². The third-order valence-corrected chi connectivity index (χ3v) is 2.73. The van der Waals surface area contributed by atoms with Crippen molar-refractivity contribution < 1.29 is 4.79 Å². The molecule has 1 aromatic rings. The maximum Gasteiger partial charge on any atom is 0.227 e. The molecule has 0 bridgehead atoms. The minimum absolute atomic E-state index is 0.00412. The molecule has 0 aliphatic heterocycles. The molecule has 1 amide bonds. The molecule has 1 rings (SSSR count). The number of aromatic nitrogens is 2. The summed E-state index contributed by atoms with van der Waals surface area (Å²) < 4.78 is 0. The molecule has 18 heavy (non-hydrogen) atoms. The van der Waals surface area contributed by atoms with E-state index in [1.165, 1.54) is 0 Å². The summed E-state index contributed by atoms with van der Waals surface area (Å²) in [7, 11) is 3.40. The van der Waals surface area contributed by atoms with E-state index in [1.807, 2.05) is 20.8 Å². The number of nitrogens with one attached hydrogen (secondary N) is 3. The van der Waals surface area contributed by atoms with Crippen LogP contribution < -0.4 is 16.0 Å². The van der Waals surface area contributed by atoms with E-state index in [2.05, 4.69) is 25.9 Å². The lowest BCUT2D eigenvalue weighted by atomic mass is 9.92. The Morgan fingerprint density at radius 3 is 2.61 bits per heavy atom. The fourth-order valence-electron chi connectivity index (χ4n) is 1.46. The first-order valence-corrected chi connectivity index (χ1v) is 5.88. The van der Waals surface area contributed by atoms with Crippen LogP contribution in [0.25, 0.3) is 0 Å². The van der Waals surface area contributed by atoms with Gasteiger partial charge in [-0.05, 0) is 20.8 Å². The van der Waals surface area contributed by atoms with Crippen molar-refractivity contribution >= 4 is 17.7 Å². The molecule has 0 saturated heterocycles. The number of carbonyl (C=O) groups is 1. The maximum atomic E-state index is 11.7. The molecular weight excluding hydrogens is 230 g/mol. The summed E-state index contributed by atoms with van der Waals surface area (Å²) in [6.07, 6.45) is 1.74. The van der Waals surface area contributed by atoms with Crippen LogP contribution >= 0.6 is 0 Å². The Hall–Kier alpha value is -1.85. The van der Waals surface area contributed by atoms with Crippen LogP contribution in [0.15, 0.2) is 6.20 Å². The van der Waals surface area contributed by atoms with Crippen molar-refractivity contribution in [3.63, 3.8) is 0 Å². The lowest BCUT2D eigenvalue weighted by Gasteiger charge is -2.23. The van der Waals surface area contributed by atoms with Gasteiger partial charge in [0.15, 0.2) is 0 Å². The van der Waals surface area contributed by atoms with Gasteiger partial charge in [0.2, 0.25) is 11.9 Å². The molecule has 100 valence electrons. The Kier molecular flexibility index (Phi) is 4.47. The van der Waals surface area contributed by atoms with Crippen molar-refractivity contribution in [2.75, 3.05) is 31.3 Å². The van der Waals surface area contributed by atoms with E-state index in [9.17, 15) is 4.79 Å². The highest BCUT2D eigenvalue weighted by atomic mass is 16.2. The van der Waals surface area contributed by atoms with Crippen molar-refractivity contribution in [2.45, 2.75) is 20.8 Å². The lowest BCUT2D eigenvalue weighted by molar-refractivity contribution is -0.128. The number of hydrogen-bond donors (Lipinski definition) is 3. The molecule has 0 atom stereocenters. The highest BCUT2D eigenvalue weighted by Crippen LogP contribution is 2.18. The molecule has 0 spiro atoms. The molecule has 0 saturated carbocycles. The first-order chi connectivity index (χ1) is 8.40. The van der Waals surface area contributed by atoms with Crippen molar-refractivity contribution in [1.82, 2.24) is 15.3 Å². The van der Waals surface area contributed by atoms with E-state index in [-0.39, 0.29) is 5.91 Å². The summed E-state index contributed by atoms with van der Waals surface area (Å²) >= 11 is 0. The largest absolute Gasteiger partial charge is 0.369 e. The molecule has 0 aliphatic carbocycles. The minimum Gasteiger partial charge on any atom is -0.369 e. The van der Waals surface area contributed by atoms with Crippen LogP contribution in [-0.2, 0) is 4.79 Å². The molecular formula is C12H21N5O. The first-order valence-electron chi connectivity index (χ1n) is 5.88. The van der Waals surface area contributed by atoms with Gasteiger partial charge in [0, 0.05) is 32.4 Å². The van der Waals surface area contributed by atoms with Crippen molar-refractivity contribution in [3.05, 3.63) is 11.8 Å². The summed E-state index contributed by atoms with van der Waals surface area (Å²) in [5.41, 5.74) is 0.452. The standard InChI is InChI=1S/C12H21N5O/c1-8-6-15-11(14-5)17-9(8)16-7-12(2,3)10(18)13-4/h6H,7H2,1-5H3,(H,13,18)(H2,14,15,16,17). The SMILES string of the molecule is CNC(=O)C(C)(C)CNc1nc(NC)ncc1C. The molecule has 0 aromatic carbocycles. The lowest BCUT2D eigenvalue weighted by Crippen LogP contribution is -2.39. The predicted octanol–water partition coefficient (Wildman–Crippen LogP) is 1.01. The number of amides is 1. The van der Waals surface area contributed by atoms with Gasteiger partial charge in [-0.2, -0.15) is 4.98 Å². The molecule has 1 heterocycles. The van der Waals surface area contributed by atoms with Gasteiger partial charge < -0.3 is 16.0 Å². The van der Waals surface area contributed by atoms with Gasteiger partial charge in [0.1, 0.15) is 5.82 Å². The number of anilines is 2. The molecule has 1 aromatic heterocycles. The molecule has 6 nitrogen and oxygen atoms in total. The average Bonchev–Trinajstić information content (AvgIpc) is 2.36. The van der Waals surface area contributed by atoms with Crippen LogP contribution in [0.5, 0.6) is 0 Å². The van der Waals surface area contributed by atoms with E-state index >= 15 is 0 Å². The number of carbonyl (C=O) groups excluding carboxylic acids is 1.